The fourth-order valence-corrected chi connectivity index (χ4v) is 2.60. The predicted octanol–water partition coefficient (Wildman–Crippen LogP) is 2.84. The number of hydrogen-bond acceptors (Lipinski definition) is 4. The highest BCUT2D eigenvalue weighted by Gasteiger charge is 2.11. The van der Waals surface area contributed by atoms with Crippen molar-refractivity contribution >= 4 is 6.03 Å². The SMILES string of the molecule is COc1ncccc1CNC(=O)NC(C)c1ccc(-n2ccnc2)cc1. The maximum Gasteiger partial charge on any atom is 0.315 e. The molecule has 0 aliphatic rings. The van der Waals surface area contributed by atoms with Gasteiger partial charge in [0.1, 0.15) is 0 Å². The van der Waals surface area contributed by atoms with E-state index in [4.69, 9.17) is 4.74 Å². The standard InChI is InChI=1S/C19H21N5O2/c1-14(15-5-7-17(8-6-15)24-11-10-20-13-24)23-19(25)22-12-16-4-3-9-21-18(16)26-2/h3-11,13-14H,12H2,1-2H3,(H2,22,23,25). The number of carbonyl (C=O) groups excluding carboxylic acids is 1. The minimum atomic E-state index is -0.248. The number of nitrogens with one attached hydrogen (secondary N) is 2. The lowest BCUT2D eigenvalue weighted by Crippen LogP contribution is -2.36. The summed E-state index contributed by atoms with van der Waals surface area (Å²) in [5.74, 6) is 0.510. The third-order valence-corrected chi connectivity index (χ3v) is 4.03. The molecule has 0 saturated heterocycles. The minimum Gasteiger partial charge on any atom is -0.481 e. The van der Waals surface area contributed by atoms with Crippen molar-refractivity contribution in [3.8, 4) is 11.6 Å². The van der Waals surface area contributed by atoms with Gasteiger partial charge >= 0.3 is 6.03 Å². The molecule has 0 aliphatic heterocycles. The summed E-state index contributed by atoms with van der Waals surface area (Å²) in [6.07, 6.45) is 7.02. The number of imidazole rings is 1. The average Bonchev–Trinajstić information content (AvgIpc) is 3.21. The number of urea groups is 1. The van der Waals surface area contributed by atoms with Crippen molar-refractivity contribution < 1.29 is 9.53 Å². The van der Waals surface area contributed by atoms with E-state index in [0.29, 0.717) is 12.4 Å². The Kier molecular flexibility index (Phi) is 5.48. The van der Waals surface area contributed by atoms with E-state index in [-0.39, 0.29) is 12.1 Å². The molecule has 2 N–H and O–H groups in total. The number of amides is 2. The van der Waals surface area contributed by atoms with Crippen LogP contribution in [0, 0.1) is 0 Å². The quantitative estimate of drug-likeness (QED) is 0.715. The van der Waals surface area contributed by atoms with Crippen LogP contribution in [0.25, 0.3) is 5.69 Å². The topological polar surface area (TPSA) is 81.1 Å². The van der Waals surface area contributed by atoms with Gasteiger partial charge < -0.3 is 19.9 Å². The molecule has 2 amide bonds. The second kappa shape index (κ2) is 8.15. The molecule has 1 atom stereocenters. The van der Waals surface area contributed by atoms with Crippen LogP contribution < -0.4 is 15.4 Å². The van der Waals surface area contributed by atoms with E-state index in [0.717, 1.165) is 16.8 Å². The Hall–Kier alpha value is -3.35. The molecule has 0 radical (unpaired) electrons. The summed E-state index contributed by atoms with van der Waals surface area (Å²) in [5.41, 5.74) is 2.86. The Morgan fingerprint density at radius 1 is 1.23 bits per heavy atom. The van der Waals surface area contributed by atoms with Gasteiger partial charge in [0.05, 0.1) is 19.5 Å². The highest BCUT2D eigenvalue weighted by molar-refractivity contribution is 5.74. The van der Waals surface area contributed by atoms with E-state index >= 15 is 0 Å². The lowest BCUT2D eigenvalue weighted by molar-refractivity contribution is 0.237. The second-order valence-electron chi connectivity index (χ2n) is 5.78. The Morgan fingerprint density at radius 3 is 2.73 bits per heavy atom. The third kappa shape index (κ3) is 4.18. The van der Waals surface area contributed by atoms with E-state index in [1.807, 2.05) is 54.1 Å². The van der Waals surface area contributed by atoms with Gasteiger partial charge in [-0.05, 0) is 30.7 Å². The third-order valence-electron chi connectivity index (χ3n) is 4.03. The molecule has 0 saturated carbocycles. The summed E-state index contributed by atoms with van der Waals surface area (Å²) in [6.45, 7) is 2.28. The Labute approximate surface area is 152 Å². The molecule has 3 rings (SSSR count). The summed E-state index contributed by atoms with van der Waals surface area (Å²) in [7, 11) is 1.56. The molecule has 1 aromatic carbocycles. The first-order valence-corrected chi connectivity index (χ1v) is 8.28. The molecule has 0 fully saturated rings. The van der Waals surface area contributed by atoms with E-state index < -0.39 is 0 Å². The summed E-state index contributed by atoms with van der Waals surface area (Å²) >= 11 is 0. The maximum absolute atomic E-state index is 12.2. The molecule has 0 aliphatic carbocycles. The maximum atomic E-state index is 12.2. The van der Waals surface area contributed by atoms with Gasteiger partial charge in [0.2, 0.25) is 5.88 Å². The number of rotatable bonds is 6. The van der Waals surface area contributed by atoms with Crippen molar-refractivity contribution in [2.45, 2.75) is 19.5 Å². The van der Waals surface area contributed by atoms with Gasteiger partial charge in [0, 0.05) is 36.4 Å². The van der Waals surface area contributed by atoms with Crippen LogP contribution in [0.2, 0.25) is 0 Å². The van der Waals surface area contributed by atoms with Gasteiger partial charge in [-0.1, -0.05) is 18.2 Å². The molecule has 7 nitrogen and oxygen atoms in total. The van der Waals surface area contributed by atoms with Crippen molar-refractivity contribution in [2.24, 2.45) is 0 Å². The zero-order valence-corrected chi connectivity index (χ0v) is 14.7. The number of pyridine rings is 1. The first-order chi connectivity index (χ1) is 12.7. The van der Waals surface area contributed by atoms with Crippen LogP contribution in [0.5, 0.6) is 5.88 Å². The predicted molar refractivity (Wildman–Crippen MR) is 98.1 cm³/mol. The first kappa shape index (κ1) is 17.5. The minimum absolute atomic E-state index is 0.123. The van der Waals surface area contributed by atoms with Gasteiger partial charge in [-0.2, -0.15) is 0 Å². The number of aromatic nitrogens is 3. The van der Waals surface area contributed by atoms with Crippen LogP contribution in [-0.4, -0.2) is 27.7 Å². The zero-order valence-electron chi connectivity index (χ0n) is 14.7. The van der Waals surface area contributed by atoms with Crippen molar-refractivity contribution in [2.75, 3.05) is 7.11 Å². The van der Waals surface area contributed by atoms with E-state index in [1.165, 1.54) is 0 Å². The normalized spacial score (nSPS) is 11.6. The summed E-state index contributed by atoms with van der Waals surface area (Å²) in [4.78, 5) is 20.3. The van der Waals surface area contributed by atoms with E-state index in [9.17, 15) is 4.79 Å². The average molecular weight is 351 g/mol. The zero-order chi connectivity index (χ0) is 18.4. The fourth-order valence-electron chi connectivity index (χ4n) is 2.60. The summed E-state index contributed by atoms with van der Waals surface area (Å²) < 4.78 is 7.11. The van der Waals surface area contributed by atoms with Gasteiger partial charge in [-0.3, -0.25) is 0 Å². The van der Waals surface area contributed by atoms with Crippen molar-refractivity contribution in [3.05, 3.63) is 72.4 Å². The van der Waals surface area contributed by atoms with E-state index in [2.05, 4.69) is 20.6 Å². The smallest absolute Gasteiger partial charge is 0.315 e. The lowest BCUT2D eigenvalue weighted by Gasteiger charge is -2.16. The molecule has 0 spiro atoms. The molecular weight excluding hydrogens is 330 g/mol. The summed E-state index contributed by atoms with van der Waals surface area (Å²) in [5, 5.41) is 5.75. The van der Waals surface area contributed by atoms with Crippen LogP contribution in [0.4, 0.5) is 4.79 Å². The fraction of sp³-hybridized carbons (Fsp3) is 0.211. The Balaban J connectivity index is 1.55. The number of ether oxygens (including phenoxy) is 1. The monoisotopic (exact) mass is 351 g/mol. The number of methoxy groups -OCH3 is 1. The molecule has 3 aromatic rings. The first-order valence-electron chi connectivity index (χ1n) is 8.28. The molecular formula is C19H21N5O2. The van der Waals surface area contributed by atoms with Gasteiger partial charge in [-0.15, -0.1) is 0 Å². The van der Waals surface area contributed by atoms with Crippen LogP contribution in [0.3, 0.4) is 0 Å². The van der Waals surface area contributed by atoms with Gasteiger partial charge in [-0.25, -0.2) is 14.8 Å². The second-order valence-corrected chi connectivity index (χ2v) is 5.78. The summed E-state index contributed by atoms with van der Waals surface area (Å²) in [6, 6.07) is 11.3. The number of benzene rings is 1. The molecule has 26 heavy (non-hydrogen) atoms. The largest absolute Gasteiger partial charge is 0.481 e. The molecule has 134 valence electrons. The highest BCUT2D eigenvalue weighted by atomic mass is 16.5. The number of hydrogen-bond donors (Lipinski definition) is 2. The van der Waals surface area contributed by atoms with Crippen molar-refractivity contribution in [1.82, 2.24) is 25.2 Å². The molecule has 1 unspecified atom stereocenters. The molecule has 0 bridgehead atoms. The molecule has 2 heterocycles. The number of carbonyl (C=O) groups is 1. The van der Waals surface area contributed by atoms with Crippen molar-refractivity contribution in [1.29, 1.82) is 0 Å². The Morgan fingerprint density at radius 2 is 2.04 bits per heavy atom. The number of nitrogens with zero attached hydrogens (tertiary/aromatic N) is 3. The molecule has 2 aromatic heterocycles. The Bertz CT molecular complexity index is 847. The van der Waals surface area contributed by atoms with E-state index in [1.54, 1.807) is 25.8 Å². The lowest BCUT2D eigenvalue weighted by atomic mass is 10.1. The van der Waals surface area contributed by atoms with Crippen LogP contribution in [0.1, 0.15) is 24.1 Å². The molecule has 7 heteroatoms. The van der Waals surface area contributed by atoms with Gasteiger partial charge in [0.25, 0.3) is 0 Å². The van der Waals surface area contributed by atoms with Crippen LogP contribution in [-0.2, 0) is 6.54 Å². The van der Waals surface area contributed by atoms with Crippen LogP contribution in [0.15, 0.2) is 61.3 Å². The van der Waals surface area contributed by atoms with Crippen LogP contribution >= 0.6 is 0 Å². The van der Waals surface area contributed by atoms with Crippen molar-refractivity contribution in [3.63, 3.8) is 0 Å². The van der Waals surface area contributed by atoms with Gasteiger partial charge in [0.15, 0.2) is 0 Å². The highest BCUT2D eigenvalue weighted by Crippen LogP contribution is 2.16.